The number of rotatable bonds is 2. The summed E-state index contributed by atoms with van der Waals surface area (Å²) < 4.78 is 32.1. The number of esters is 1. The van der Waals surface area contributed by atoms with Crippen LogP contribution in [0.4, 0.5) is 0 Å². The van der Waals surface area contributed by atoms with Gasteiger partial charge in [0.1, 0.15) is 11.9 Å². The SMILES string of the molecule is O=C1OC(CS(=O)(=O)Cl)CC12CCOCC2. The summed E-state index contributed by atoms with van der Waals surface area (Å²) in [6, 6.07) is 0. The smallest absolute Gasteiger partial charge is 0.312 e. The van der Waals surface area contributed by atoms with Crippen LogP contribution >= 0.6 is 10.7 Å². The van der Waals surface area contributed by atoms with Crippen LogP contribution in [0.3, 0.4) is 0 Å². The van der Waals surface area contributed by atoms with Crippen LogP contribution in [0, 0.1) is 5.41 Å². The summed E-state index contributed by atoms with van der Waals surface area (Å²) in [5, 5.41) is 0. The van der Waals surface area contributed by atoms with Gasteiger partial charge in [-0.25, -0.2) is 8.42 Å². The van der Waals surface area contributed by atoms with Crippen molar-refractivity contribution < 1.29 is 22.7 Å². The van der Waals surface area contributed by atoms with E-state index in [0.717, 1.165) is 0 Å². The van der Waals surface area contributed by atoms with Gasteiger partial charge in [0.15, 0.2) is 0 Å². The van der Waals surface area contributed by atoms with Gasteiger partial charge in [-0.05, 0) is 12.8 Å². The van der Waals surface area contributed by atoms with Gasteiger partial charge in [-0.2, -0.15) is 0 Å². The van der Waals surface area contributed by atoms with E-state index in [1.807, 2.05) is 0 Å². The molecule has 1 unspecified atom stereocenters. The van der Waals surface area contributed by atoms with Crippen molar-refractivity contribution in [2.24, 2.45) is 5.41 Å². The normalized spacial score (nSPS) is 29.3. The second-order valence-corrected chi connectivity index (χ2v) is 7.15. The van der Waals surface area contributed by atoms with E-state index in [-0.39, 0.29) is 11.7 Å². The van der Waals surface area contributed by atoms with Crippen molar-refractivity contribution in [3.8, 4) is 0 Å². The molecule has 0 saturated carbocycles. The molecule has 0 aliphatic carbocycles. The first-order chi connectivity index (χ1) is 7.41. The van der Waals surface area contributed by atoms with E-state index in [1.54, 1.807) is 0 Å². The molecule has 2 aliphatic heterocycles. The lowest BCUT2D eigenvalue weighted by atomic mass is 9.78. The van der Waals surface area contributed by atoms with Crippen molar-refractivity contribution in [1.82, 2.24) is 0 Å². The lowest BCUT2D eigenvalue weighted by Gasteiger charge is -2.28. The number of ether oxygens (including phenoxy) is 2. The van der Waals surface area contributed by atoms with Gasteiger partial charge in [-0.1, -0.05) is 0 Å². The maximum Gasteiger partial charge on any atom is 0.312 e. The summed E-state index contributed by atoms with van der Waals surface area (Å²) >= 11 is 0. The van der Waals surface area contributed by atoms with Crippen LogP contribution in [0.5, 0.6) is 0 Å². The van der Waals surface area contributed by atoms with E-state index in [4.69, 9.17) is 20.2 Å². The molecule has 1 atom stereocenters. The summed E-state index contributed by atoms with van der Waals surface area (Å²) in [4.78, 5) is 11.7. The van der Waals surface area contributed by atoms with Gasteiger partial charge in [-0.3, -0.25) is 4.79 Å². The topological polar surface area (TPSA) is 69.7 Å². The predicted octanol–water partition coefficient (Wildman–Crippen LogP) is 0.667. The van der Waals surface area contributed by atoms with Crippen LogP contribution in [0.2, 0.25) is 0 Å². The molecule has 0 aromatic carbocycles. The van der Waals surface area contributed by atoms with Gasteiger partial charge in [0.25, 0.3) is 0 Å². The second kappa shape index (κ2) is 4.16. The summed E-state index contributed by atoms with van der Waals surface area (Å²) in [6.45, 7) is 1.05. The van der Waals surface area contributed by atoms with E-state index in [0.29, 0.717) is 32.5 Å². The Kier molecular flexibility index (Phi) is 3.16. The zero-order valence-electron chi connectivity index (χ0n) is 8.65. The van der Waals surface area contributed by atoms with E-state index in [1.165, 1.54) is 0 Å². The van der Waals surface area contributed by atoms with Gasteiger partial charge in [0.05, 0.1) is 5.41 Å². The summed E-state index contributed by atoms with van der Waals surface area (Å²) in [6.07, 6.45) is 1.03. The highest BCUT2D eigenvalue weighted by atomic mass is 35.7. The first-order valence-electron chi connectivity index (χ1n) is 5.12. The molecule has 5 nitrogen and oxygen atoms in total. The molecular weight excluding hydrogens is 256 g/mol. The highest BCUT2D eigenvalue weighted by Gasteiger charge is 2.50. The fourth-order valence-corrected chi connectivity index (χ4v) is 3.37. The molecule has 2 aliphatic rings. The number of cyclic esters (lactones) is 1. The van der Waals surface area contributed by atoms with Crippen LogP contribution in [0.15, 0.2) is 0 Å². The molecule has 2 rings (SSSR count). The third-order valence-electron chi connectivity index (χ3n) is 3.16. The Labute approximate surface area is 98.5 Å². The minimum Gasteiger partial charge on any atom is -0.461 e. The van der Waals surface area contributed by atoms with Crippen LogP contribution in [0.25, 0.3) is 0 Å². The first-order valence-corrected chi connectivity index (χ1v) is 7.60. The van der Waals surface area contributed by atoms with Crippen LogP contribution in [-0.4, -0.2) is 39.5 Å². The molecule has 16 heavy (non-hydrogen) atoms. The van der Waals surface area contributed by atoms with Crippen molar-refractivity contribution in [1.29, 1.82) is 0 Å². The predicted molar refractivity (Wildman–Crippen MR) is 56.6 cm³/mol. The van der Waals surface area contributed by atoms with E-state index >= 15 is 0 Å². The Bertz CT molecular complexity index is 385. The quantitative estimate of drug-likeness (QED) is 0.544. The van der Waals surface area contributed by atoms with E-state index in [2.05, 4.69) is 0 Å². The Balaban J connectivity index is 2.06. The number of halogens is 1. The number of hydrogen-bond donors (Lipinski definition) is 0. The molecule has 2 fully saturated rings. The lowest BCUT2D eigenvalue weighted by molar-refractivity contribution is -0.152. The van der Waals surface area contributed by atoms with Crippen molar-refractivity contribution in [2.75, 3.05) is 19.0 Å². The lowest BCUT2D eigenvalue weighted by Crippen LogP contribution is -2.33. The highest BCUT2D eigenvalue weighted by molar-refractivity contribution is 8.13. The fraction of sp³-hybridized carbons (Fsp3) is 0.889. The van der Waals surface area contributed by atoms with Crippen molar-refractivity contribution in [3.05, 3.63) is 0 Å². The zero-order chi connectivity index (χ0) is 11.8. The maximum atomic E-state index is 11.7. The standard InChI is InChI=1S/C9H13ClO5S/c10-16(12,13)6-7-5-9(8(11)15-7)1-3-14-4-2-9/h7H,1-6H2. The minimum atomic E-state index is -3.62. The molecule has 2 heterocycles. The van der Waals surface area contributed by atoms with Crippen LogP contribution in [-0.2, 0) is 23.3 Å². The largest absolute Gasteiger partial charge is 0.461 e. The highest BCUT2D eigenvalue weighted by Crippen LogP contribution is 2.42. The van der Waals surface area contributed by atoms with Gasteiger partial charge < -0.3 is 9.47 Å². The first kappa shape index (κ1) is 12.1. The van der Waals surface area contributed by atoms with Gasteiger partial charge in [0, 0.05) is 30.3 Å². The third-order valence-corrected chi connectivity index (χ3v) is 4.31. The summed E-state index contributed by atoms with van der Waals surface area (Å²) in [5.41, 5.74) is -0.537. The molecule has 0 bridgehead atoms. The molecule has 2 saturated heterocycles. The van der Waals surface area contributed by atoms with Crippen LogP contribution in [0.1, 0.15) is 19.3 Å². The molecule has 0 radical (unpaired) electrons. The molecule has 0 aromatic heterocycles. The Morgan fingerprint density at radius 3 is 2.56 bits per heavy atom. The van der Waals surface area contributed by atoms with Crippen molar-refractivity contribution >= 4 is 25.7 Å². The molecule has 0 aromatic rings. The summed E-state index contributed by atoms with van der Waals surface area (Å²) in [7, 11) is 1.52. The molecule has 0 amide bonds. The Morgan fingerprint density at radius 2 is 2.00 bits per heavy atom. The van der Waals surface area contributed by atoms with Gasteiger partial charge >= 0.3 is 5.97 Å². The molecular formula is C9H13ClO5S. The van der Waals surface area contributed by atoms with Gasteiger partial charge in [0.2, 0.25) is 9.05 Å². The number of carbonyl (C=O) groups excluding carboxylic acids is 1. The monoisotopic (exact) mass is 268 g/mol. The van der Waals surface area contributed by atoms with E-state index < -0.39 is 20.6 Å². The number of carbonyl (C=O) groups is 1. The number of hydrogen-bond acceptors (Lipinski definition) is 5. The zero-order valence-corrected chi connectivity index (χ0v) is 10.2. The Hall–Kier alpha value is -0.330. The molecule has 1 spiro atoms. The molecule has 0 N–H and O–H groups in total. The van der Waals surface area contributed by atoms with Crippen LogP contribution < -0.4 is 0 Å². The summed E-state index contributed by atoms with van der Waals surface area (Å²) in [5.74, 6) is -0.607. The van der Waals surface area contributed by atoms with Crippen molar-refractivity contribution in [2.45, 2.75) is 25.4 Å². The minimum absolute atomic E-state index is 0.303. The Morgan fingerprint density at radius 1 is 1.38 bits per heavy atom. The average Bonchev–Trinajstić information content (AvgIpc) is 2.41. The molecule has 92 valence electrons. The van der Waals surface area contributed by atoms with Crippen molar-refractivity contribution in [3.63, 3.8) is 0 Å². The second-order valence-electron chi connectivity index (χ2n) is 4.33. The van der Waals surface area contributed by atoms with E-state index in [9.17, 15) is 13.2 Å². The third kappa shape index (κ3) is 2.49. The average molecular weight is 269 g/mol. The fourth-order valence-electron chi connectivity index (χ4n) is 2.32. The van der Waals surface area contributed by atoms with Gasteiger partial charge in [-0.15, -0.1) is 0 Å². The maximum absolute atomic E-state index is 11.7. The molecule has 7 heteroatoms.